The number of hydrogen-bond acceptors (Lipinski definition) is 4. The molecule has 1 heterocycles. The molecule has 3 rings (SSSR count). The van der Waals surface area contributed by atoms with Crippen LogP contribution in [0.25, 0.3) is 11.4 Å². The van der Waals surface area contributed by atoms with Gasteiger partial charge in [0.1, 0.15) is 5.75 Å². The van der Waals surface area contributed by atoms with Gasteiger partial charge < -0.3 is 5.11 Å². The first-order valence-corrected chi connectivity index (χ1v) is 7.75. The van der Waals surface area contributed by atoms with E-state index in [0.29, 0.717) is 5.56 Å². The van der Waals surface area contributed by atoms with E-state index in [1.165, 1.54) is 24.3 Å². The van der Waals surface area contributed by atoms with Crippen LogP contribution in [0.3, 0.4) is 0 Å². The van der Waals surface area contributed by atoms with Crippen molar-refractivity contribution in [1.82, 2.24) is 9.97 Å². The number of carbonyl (C=O) groups is 1. The highest BCUT2D eigenvalue weighted by atomic mass is 19.4. The Kier molecular flexibility index (Phi) is 4.89. The number of phenolic OH excluding ortho intramolecular Hbond substituents is 1. The van der Waals surface area contributed by atoms with Gasteiger partial charge in [-0.05, 0) is 12.1 Å². The van der Waals surface area contributed by atoms with Gasteiger partial charge in [0, 0.05) is 11.8 Å². The van der Waals surface area contributed by atoms with Gasteiger partial charge in [-0.1, -0.05) is 42.5 Å². The molecule has 8 heteroatoms. The lowest BCUT2D eigenvalue weighted by Gasteiger charge is -2.16. The monoisotopic (exact) mass is 376 g/mol. The van der Waals surface area contributed by atoms with Crippen LogP contribution >= 0.6 is 0 Å². The summed E-state index contributed by atoms with van der Waals surface area (Å²) in [4.78, 5) is 20.2. The van der Waals surface area contributed by atoms with E-state index in [9.17, 15) is 27.5 Å². The Bertz CT molecular complexity index is 975. The van der Waals surface area contributed by atoms with Crippen molar-refractivity contribution in [3.8, 4) is 17.1 Å². The number of aromatic hydroxyl groups is 1. The van der Waals surface area contributed by atoms with E-state index >= 15 is 0 Å². The van der Waals surface area contributed by atoms with Crippen LogP contribution < -0.4 is 0 Å². The van der Waals surface area contributed by atoms with Crippen molar-refractivity contribution in [3.05, 3.63) is 77.6 Å². The molecule has 1 N–H and O–H groups in total. The Labute approximate surface area is 151 Å². The van der Waals surface area contributed by atoms with E-state index in [1.807, 2.05) is 0 Å². The first-order chi connectivity index (χ1) is 12.8. The van der Waals surface area contributed by atoms with E-state index < -0.39 is 35.1 Å². The maximum atomic E-state index is 14.1. The molecule has 27 heavy (non-hydrogen) atoms. The van der Waals surface area contributed by atoms with Crippen LogP contribution in [0, 0.1) is 0 Å². The molecule has 1 aromatic heterocycles. The zero-order chi connectivity index (χ0) is 19.6. The number of hydrogen-bond donors (Lipinski definition) is 1. The number of para-hydroxylation sites is 1. The van der Waals surface area contributed by atoms with Gasteiger partial charge >= 0.3 is 6.18 Å². The molecular formula is C19H12F4N2O2. The first kappa shape index (κ1) is 18.5. The van der Waals surface area contributed by atoms with Gasteiger partial charge in [0.25, 0.3) is 0 Å². The zero-order valence-electron chi connectivity index (χ0n) is 13.6. The molecule has 0 aliphatic heterocycles. The van der Waals surface area contributed by atoms with Crippen LogP contribution in [-0.4, -0.2) is 27.0 Å². The summed E-state index contributed by atoms with van der Waals surface area (Å²) < 4.78 is 53.1. The van der Waals surface area contributed by atoms with Crippen molar-refractivity contribution in [3.63, 3.8) is 0 Å². The number of benzene rings is 2. The summed E-state index contributed by atoms with van der Waals surface area (Å²) in [6.45, 7) is 0. The normalized spacial score (nSPS) is 12.6. The zero-order valence-corrected chi connectivity index (χ0v) is 13.6. The molecule has 3 aromatic rings. The quantitative estimate of drug-likeness (QED) is 0.532. The predicted octanol–water partition coefficient (Wildman–Crippen LogP) is 4.65. The Hall–Kier alpha value is -3.29. The number of ketones is 1. The molecule has 1 atom stereocenters. The molecule has 0 saturated heterocycles. The van der Waals surface area contributed by atoms with Crippen LogP contribution in [0.4, 0.5) is 17.6 Å². The Morgan fingerprint density at radius 3 is 2.22 bits per heavy atom. The van der Waals surface area contributed by atoms with Gasteiger partial charge in [-0.3, -0.25) is 4.79 Å². The number of alkyl halides is 4. The van der Waals surface area contributed by atoms with Crippen LogP contribution in [0.5, 0.6) is 5.75 Å². The number of aromatic nitrogens is 2. The fourth-order valence-corrected chi connectivity index (χ4v) is 2.46. The average molecular weight is 376 g/mol. The largest absolute Gasteiger partial charge is 0.507 e. The van der Waals surface area contributed by atoms with Crippen molar-refractivity contribution >= 4 is 5.78 Å². The fraction of sp³-hybridized carbons (Fsp3) is 0.105. The SMILES string of the molecule is O=C(c1ccccc1O)c1cnc(-c2ccccc2)nc1C(F)C(F)(F)F. The molecule has 0 bridgehead atoms. The molecule has 0 aliphatic carbocycles. The number of halogens is 4. The number of nitrogens with zero attached hydrogens (tertiary/aromatic N) is 2. The standard InChI is InChI=1S/C19H12F4N2O2/c20-17(19(21,22)23)15-13(16(27)12-8-4-5-9-14(12)26)10-24-18(25-15)11-6-2-1-3-7-11/h1-10,17,26H. The summed E-state index contributed by atoms with van der Waals surface area (Å²) in [7, 11) is 0. The predicted molar refractivity (Wildman–Crippen MR) is 88.9 cm³/mol. The topological polar surface area (TPSA) is 63.1 Å². The van der Waals surface area contributed by atoms with E-state index in [0.717, 1.165) is 6.20 Å². The number of carbonyl (C=O) groups excluding carboxylic acids is 1. The highest BCUT2D eigenvalue weighted by Gasteiger charge is 2.44. The summed E-state index contributed by atoms with van der Waals surface area (Å²) in [5, 5.41) is 9.79. The fourth-order valence-electron chi connectivity index (χ4n) is 2.46. The third-order valence-electron chi connectivity index (χ3n) is 3.77. The highest BCUT2D eigenvalue weighted by Crippen LogP contribution is 2.38. The summed E-state index contributed by atoms with van der Waals surface area (Å²) in [5.41, 5.74) is -1.66. The molecule has 0 radical (unpaired) electrons. The van der Waals surface area contributed by atoms with E-state index in [1.54, 1.807) is 30.3 Å². The molecule has 2 aromatic carbocycles. The van der Waals surface area contributed by atoms with Crippen molar-refractivity contribution in [2.24, 2.45) is 0 Å². The van der Waals surface area contributed by atoms with Gasteiger partial charge in [-0.2, -0.15) is 13.2 Å². The van der Waals surface area contributed by atoms with Crippen LogP contribution in [0.15, 0.2) is 60.8 Å². The van der Waals surface area contributed by atoms with E-state index in [2.05, 4.69) is 9.97 Å². The van der Waals surface area contributed by atoms with Gasteiger partial charge in [0.05, 0.1) is 16.8 Å². The Balaban J connectivity index is 2.16. The van der Waals surface area contributed by atoms with Gasteiger partial charge in [-0.15, -0.1) is 0 Å². The molecule has 138 valence electrons. The van der Waals surface area contributed by atoms with Crippen molar-refractivity contribution in [1.29, 1.82) is 0 Å². The van der Waals surface area contributed by atoms with E-state index in [-0.39, 0.29) is 11.4 Å². The van der Waals surface area contributed by atoms with E-state index in [4.69, 9.17) is 0 Å². The molecule has 0 saturated carbocycles. The van der Waals surface area contributed by atoms with Crippen LogP contribution in [0.2, 0.25) is 0 Å². The van der Waals surface area contributed by atoms with Gasteiger partial charge in [0.15, 0.2) is 11.6 Å². The first-order valence-electron chi connectivity index (χ1n) is 7.75. The maximum Gasteiger partial charge on any atom is 0.425 e. The molecule has 0 spiro atoms. The molecular weight excluding hydrogens is 364 g/mol. The lowest BCUT2D eigenvalue weighted by Crippen LogP contribution is -2.21. The van der Waals surface area contributed by atoms with Crippen molar-refractivity contribution < 1.29 is 27.5 Å². The lowest BCUT2D eigenvalue weighted by molar-refractivity contribution is -0.183. The highest BCUT2D eigenvalue weighted by molar-refractivity contribution is 6.11. The molecule has 0 amide bonds. The van der Waals surface area contributed by atoms with Crippen molar-refractivity contribution in [2.45, 2.75) is 12.3 Å². The summed E-state index contributed by atoms with van der Waals surface area (Å²) in [6, 6.07) is 13.3. The molecule has 0 aliphatic rings. The molecule has 0 fully saturated rings. The molecule has 1 unspecified atom stereocenters. The minimum atomic E-state index is -5.25. The summed E-state index contributed by atoms with van der Waals surface area (Å²) in [6.07, 6.45) is -7.89. The smallest absolute Gasteiger partial charge is 0.425 e. The second-order valence-corrected chi connectivity index (χ2v) is 5.61. The number of rotatable bonds is 4. The van der Waals surface area contributed by atoms with Gasteiger partial charge in [-0.25, -0.2) is 14.4 Å². The summed E-state index contributed by atoms with van der Waals surface area (Å²) in [5.74, 6) is -1.59. The number of phenols is 1. The minimum Gasteiger partial charge on any atom is -0.507 e. The second kappa shape index (κ2) is 7.14. The van der Waals surface area contributed by atoms with Crippen LogP contribution in [0.1, 0.15) is 27.8 Å². The summed E-state index contributed by atoms with van der Waals surface area (Å²) >= 11 is 0. The van der Waals surface area contributed by atoms with Crippen LogP contribution in [-0.2, 0) is 0 Å². The van der Waals surface area contributed by atoms with Gasteiger partial charge in [0.2, 0.25) is 6.17 Å². The maximum absolute atomic E-state index is 14.1. The Morgan fingerprint density at radius 1 is 0.963 bits per heavy atom. The molecule has 4 nitrogen and oxygen atoms in total. The average Bonchev–Trinajstić information content (AvgIpc) is 2.67. The minimum absolute atomic E-state index is 0.147. The third kappa shape index (κ3) is 3.79. The second-order valence-electron chi connectivity index (χ2n) is 5.61. The third-order valence-corrected chi connectivity index (χ3v) is 3.77. The van der Waals surface area contributed by atoms with Crippen molar-refractivity contribution in [2.75, 3.05) is 0 Å². The Morgan fingerprint density at radius 2 is 1.59 bits per heavy atom. The lowest BCUT2D eigenvalue weighted by atomic mass is 10.00.